The van der Waals surface area contributed by atoms with Crippen LogP contribution >= 0.6 is 0 Å². The molecule has 1 aliphatic heterocycles. The van der Waals surface area contributed by atoms with Gasteiger partial charge in [0.15, 0.2) is 0 Å². The Balaban J connectivity index is 1.57. The van der Waals surface area contributed by atoms with Gasteiger partial charge in [-0.3, -0.25) is 4.79 Å². The van der Waals surface area contributed by atoms with Crippen LogP contribution in [0.1, 0.15) is 45.8 Å². The average Bonchev–Trinajstić information content (AvgIpc) is 3.30. The van der Waals surface area contributed by atoms with Crippen LogP contribution in [-0.4, -0.2) is 22.0 Å². The molecule has 1 saturated heterocycles. The summed E-state index contributed by atoms with van der Waals surface area (Å²) in [6, 6.07) is 50.8. The summed E-state index contributed by atoms with van der Waals surface area (Å²) in [6.45, 7) is 0.474. The summed E-state index contributed by atoms with van der Waals surface area (Å²) in [4.78, 5) is 16.7. The number of hydrogen-bond acceptors (Lipinski definition) is 2. The molecule has 0 spiro atoms. The molecule has 5 aromatic rings. The number of benzene rings is 5. The standard InChI is InChI=1S/C37H33NO2/c39-36(31-24-14-5-15-25-31)34-33(30-22-12-4-13-23-30)35(38(37(34)40)26-27-16-6-1-7-17-27)32(28-18-8-2-9-19-28)29-20-10-3-11-21-29/h1-25,32-36,39H,26H2/t33-,34+,35+,36-/m0/s1. The normalized spacial score (nSPS) is 19.6. The number of nitrogens with zero attached hydrogens (tertiary/aromatic N) is 1. The highest BCUT2D eigenvalue weighted by molar-refractivity contribution is 5.85. The van der Waals surface area contributed by atoms with Crippen LogP contribution in [-0.2, 0) is 11.3 Å². The second-order valence-electron chi connectivity index (χ2n) is 10.6. The fourth-order valence-electron chi connectivity index (χ4n) is 6.43. The molecule has 0 radical (unpaired) electrons. The van der Waals surface area contributed by atoms with E-state index in [1.165, 1.54) is 0 Å². The summed E-state index contributed by atoms with van der Waals surface area (Å²) < 4.78 is 0. The molecule has 0 saturated carbocycles. The van der Waals surface area contributed by atoms with E-state index in [0.29, 0.717) is 6.54 Å². The van der Waals surface area contributed by atoms with Crippen LogP contribution in [0.2, 0.25) is 0 Å². The lowest BCUT2D eigenvalue weighted by Gasteiger charge is -2.36. The summed E-state index contributed by atoms with van der Waals surface area (Å²) >= 11 is 0. The second-order valence-corrected chi connectivity index (χ2v) is 10.6. The van der Waals surface area contributed by atoms with Crippen LogP contribution in [0.5, 0.6) is 0 Å². The fourth-order valence-corrected chi connectivity index (χ4v) is 6.43. The van der Waals surface area contributed by atoms with Crippen molar-refractivity contribution in [2.45, 2.75) is 30.5 Å². The van der Waals surface area contributed by atoms with E-state index >= 15 is 0 Å². The van der Waals surface area contributed by atoms with Crippen LogP contribution in [0, 0.1) is 5.92 Å². The zero-order chi connectivity index (χ0) is 27.3. The van der Waals surface area contributed by atoms with Crippen LogP contribution in [0.25, 0.3) is 0 Å². The molecule has 1 aliphatic rings. The first-order valence-electron chi connectivity index (χ1n) is 13.9. The van der Waals surface area contributed by atoms with Crippen molar-refractivity contribution in [1.29, 1.82) is 0 Å². The minimum absolute atomic E-state index is 0.0177. The van der Waals surface area contributed by atoms with Gasteiger partial charge in [0, 0.05) is 18.4 Å². The maximum atomic E-state index is 14.7. The zero-order valence-electron chi connectivity index (χ0n) is 22.3. The maximum Gasteiger partial charge on any atom is 0.229 e. The smallest absolute Gasteiger partial charge is 0.229 e. The fraction of sp³-hybridized carbons (Fsp3) is 0.162. The number of hydrogen-bond donors (Lipinski definition) is 1. The number of likely N-dealkylation sites (tertiary alicyclic amines) is 1. The molecule has 1 N–H and O–H groups in total. The molecular formula is C37H33NO2. The van der Waals surface area contributed by atoms with Crippen molar-refractivity contribution >= 4 is 5.91 Å². The quantitative estimate of drug-likeness (QED) is 0.231. The Kier molecular flexibility index (Phi) is 7.56. The van der Waals surface area contributed by atoms with Crippen molar-refractivity contribution in [3.05, 3.63) is 179 Å². The molecule has 40 heavy (non-hydrogen) atoms. The van der Waals surface area contributed by atoms with Crippen molar-refractivity contribution in [2.24, 2.45) is 5.92 Å². The van der Waals surface area contributed by atoms with E-state index in [1.54, 1.807) is 0 Å². The highest BCUT2D eigenvalue weighted by Crippen LogP contribution is 2.51. The molecule has 3 nitrogen and oxygen atoms in total. The highest BCUT2D eigenvalue weighted by Gasteiger charge is 2.54. The van der Waals surface area contributed by atoms with Gasteiger partial charge in [0.05, 0.1) is 18.1 Å². The summed E-state index contributed by atoms with van der Waals surface area (Å²) in [5, 5.41) is 11.9. The van der Waals surface area contributed by atoms with Gasteiger partial charge in [-0.25, -0.2) is 0 Å². The van der Waals surface area contributed by atoms with Crippen LogP contribution in [0.3, 0.4) is 0 Å². The Hall–Kier alpha value is -4.47. The number of rotatable bonds is 8. The number of carbonyl (C=O) groups is 1. The molecule has 1 fully saturated rings. The molecule has 1 heterocycles. The van der Waals surface area contributed by atoms with Gasteiger partial charge in [0.2, 0.25) is 5.91 Å². The first kappa shape index (κ1) is 25.8. The lowest BCUT2D eigenvalue weighted by atomic mass is 9.72. The van der Waals surface area contributed by atoms with Crippen molar-refractivity contribution in [3.8, 4) is 0 Å². The van der Waals surface area contributed by atoms with Crippen molar-refractivity contribution < 1.29 is 9.90 Å². The highest BCUT2D eigenvalue weighted by atomic mass is 16.3. The van der Waals surface area contributed by atoms with Gasteiger partial charge >= 0.3 is 0 Å². The lowest BCUT2D eigenvalue weighted by Crippen LogP contribution is -2.39. The summed E-state index contributed by atoms with van der Waals surface area (Å²) in [5.41, 5.74) is 5.20. The van der Waals surface area contributed by atoms with Crippen LogP contribution < -0.4 is 0 Å². The molecule has 198 valence electrons. The third kappa shape index (κ3) is 5.09. The molecule has 0 bridgehead atoms. The van der Waals surface area contributed by atoms with E-state index in [9.17, 15) is 9.90 Å². The molecule has 6 rings (SSSR count). The SMILES string of the molecule is O=C1[C@@H]([C@@H](O)c2ccccc2)[C@H](c2ccccc2)[C@@H](C(c2ccccc2)c2ccccc2)N1Cc1ccccc1. The molecule has 0 aromatic heterocycles. The van der Waals surface area contributed by atoms with E-state index in [-0.39, 0.29) is 23.8 Å². The third-order valence-corrected chi connectivity index (χ3v) is 8.20. The number of aliphatic hydroxyl groups excluding tert-OH is 1. The first-order valence-corrected chi connectivity index (χ1v) is 13.9. The Bertz CT molecular complexity index is 1470. The maximum absolute atomic E-state index is 14.7. The van der Waals surface area contributed by atoms with Crippen molar-refractivity contribution in [2.75, 3.05) is 0 Å². The molecule has 0 unspecified atom stereocenters. The third-order valence-electron chi connectivity index (χ3n) is 8.20. The van der Waals surface area contributed by atoms with Gasteiger partial charge in [-0.05, 0) is 27.8 Å². The Labute approximate surface area is 236 Å². The Morgan fingerprint density at radius 3 is 1.50 bits per heavy atom. The number of amides is 1. The van der Waals surface area contributed by atoms with Gasteiger partial charge < -0.3 is 10.0 Å². The minimum atomic E-state index is -0.936. The molecule has 1 amide bonds. The topological polar surface area (TPSA) is 40.5 Å². The predicted octanol–water partition coefficient (Wildman–Crippen LogP) is 7.36. The van der Waals surface area contributed by atoms with Gasteiger partial charge in [-0.2, -0.15) is 0 Å². The molecule has 4 atom stereocenters. The van der Waals surface area contributed by atoms with Gasteiger partial charge in [-0.1, -0.05) is 152 Å². The predicted molar refractivity (Wildman–Crippen MR) is 160 cm³/mol. The summed E-state index contributed by atoms with van der Waals surface area (Å²) in [5.74, 6) is -0.976. The summed E-state index contributed by atoms with van der Waals surface area (Å²) in [7, 11) is 0. The lowest BCUT2D eigenvalue weighted by molar-refractivity contribution is -0.135. The van der Waals surface area contributed by atoms with E-state index in [0.717, 1.165) is 27.8 Å². The van der Waals surface area contributed by atoms with Crippen molar-refractivity contribution in [1.82, 2.24) is 4.90 Å². The molecule has 0 aliphatic carbocycles. The molecular weight excluding hydrogens is 490 g/mol. The van der Waals surface area contributed by atoms with Crippen molar-refractivity contribution in [3.63, 3.8) is 0 Å². The molecule has 5 aromatic carbocycles. The monoisotopic (exact) mass is 523 g/mol. The van der Waals surface area contributed by atoms with Crippen LogP contribution in [0.4, 0.5) is 0 Å². The van der Waals surface area contributed by atoms with E-state index < -0.39 is 12.0 Å². The summed E-state index contributed by atoms with van der Waals surface area (Å²) in [6.07, 6.45) is -0.936. The minimum Gasteiger partial charge on any atom is -0.388 e. The van der Waals surface area contributed by atoms with Gasteiger partial charge in [0.25, 0.3) is 0 Å². The second kappa shape index (κ2) is 11.7. The number of carbonyl (C=O) groups excluding carboxylic acids is 1. The number of aliphatic hydroxyl groups is 1. The van der Waals surface area contributed by atoms with E-state index in [2.05, 4.69) is 72.8 Å². The van der Waals surface area contributed by atoms with E-state index in [4.69, 9.17) is 0 Å². The Morgan fingerprint density at radius 1 is 0.575 bits per heavy atom. The first-order chi connectivity index (χ1) is 19.7. The zero-order valence-corrected chi connectivity index (χ0v) is 22.3. The average molecular weight is 524 g/mol. The molecule has 3 heteroatoms. The Morgan fingerprint density at radius 2 is 1.00 bits per heavy atom. The van der Waals surface area contributed by atoms with Crippen LogP contribution in [0.15, 0.2) is 152 Å². The van der Waals surface area contributed by atoms with Gasteiger partial charge in [-0.15, -0.1) is 0 Å². The van der Waals surface area contributed by atoms with E-state index in [1.807, 2.05) is 83.8 Å². The largest absolute Gasteiger partial charge is 0.388 e. The van der Waals surface area contributed by atoms with Gasteiger partial charge in [0.1, 0.15) is 0 Å².